The summed E-state index contributed by atoms with van der Waals surface area (Å²) in [6.45, 7) is 7.25. The van der Waals surface area contributed by atoms with Crippen LogP contribution in [0, 0.1) is 0 Å². The van der Waals surface area contributed by atoms with Gasteiger partial charge in [0.1, 0.15) is 5.84 Å². The van der Waals surface area contributed by atoms with E-state index in [4.69, 9.17) is 9.73 Å². The maximum Gasteiger partial charge on any atom is 0.376 e. The van der Waals surface area contributed by atoms with Crippen LogP contribution in [0.1, 0.15) is 53.7 Å². The average Bonchev–Trinajstić information content (AvgIpc) is 3.22. The Morgan fingerprint density at radius 3 is 2.80 bits per heavy atom. The highest BCUT2D eigenvalue weighted by molar-refractivity contribution is 6.45. The minimum atomic E-state index is -0.520. The molecule has 1 aromatic rings. The number of rotatable bonds is 3. The molecule has 1 amide bonds. The Kier molecular flexibility index (Phi) is 6.18. The summed E-state index contributed by atoms with van der Waals surface area (Å²) in [5.74, 6) is 1.13. The Balaban J connectivity index is 1.77. The van der Waals surface area contributed by atoms with E-state index in [0.717, 1.165) is 74.6 Å². The molecule has 1 aromatic carbocycles. The van der Waals surface area contributed by atoms with E-state index in [1.54, 1.807) is 19.0 Å². The van der Waals surface area contributed by atoms with Crippen molar-refractivity contribution in [2.24, 2.45) is 4.99 Å². The number of carbonyl (C=O) groups excluding carboxylic acids is 1. The zero-order chi connectivity index (χ0) is 21.4. The highest BCUT2D eigenvalue weighted by Gasteiger charge is 2.35. The van der Waals surface area contributed by atoms with Crippen LogP contribution in [0.5, 0.6) is 0 Å². The number of hydrogen-bond acceptors (Lipinski definition) is 6. The lowest BCUT2D eigenvalue weighted by molar-refractivity contribution is 0.00510. The molecular weight excluding hydrogens is 379 g/mol. The quantitative estimate of drug-likeness (QED) is 0.772. The molecule has 2 saturated heterocycles. The molecule has 3 heterocycles. The summed E-state index contributed by atoms with van der Waals surface area (Å²) in [7, 11) is 3.05. The summed E-state index contributed by atoms with van der Waals surface area (Å²) in [6, 6.07) is 4.12. The van der Waals surface area contributed by atoms with Crippen molar-refractivity contribution in [3.8, 4) is 0 Å². The summed E-state index contributed by atoms with van der Waals surface area (Å²) < 4.78 is 5.70. The SMILES string of the molecule is CB(O)N1CCCC1c1cc(C(=O)N(C)C)cc2c1N=C(N1CCOC(C)C1)CC2. The monoisotopic (exact) mass is 412 g/mol. The molecule has 8 heteroatoms. The number of nitrogens with zero attached hydrogens (tertiary/aromatic N) is 4. The first-order chi connectivity index (χ1) is 14.3. The molecule has 7 nitrogen and oxygen atoms in total. The predicted molar refractivity (Wildman–Crippen MR) is 119 cm³/mol. The van der Waals surface area contributed by atoms with Crippen LogP contribution in [0.3, 0.4) is 0 Å². The Labute approximate surface area is 179 Å². The smallest absolute Gasteiger partial charge is 0.376 e. The molecular formula is C22H33BN4O3. The highest BCUT2D eigenvalue weighted by Crippen LogP contribution is 2.42. The predicted octanol–water partition coefficient (Wildman–Crippen LogP) is 2.33. The second kappa shape index (κ2) is 8.69. The summed E-state index contributed by atoms with van der Waals surface area (Å²) in [5.41, 5.74) is 3.93. The van der Waals surface area contributed by atoms with Crippen molar-refractivity contribution in [3.05, 3.63) is 28.8 Å². The van der Waals surface area contributed by atoms with Crippen molar-refractivity contribution in [1.82, 2.24) is 14.6 Å². The fraction of sp³-hybridized carbons (Fsp3) is 0.636. The van der Waals surface area contributed by atoms with Crippen molar-refractivity contribution in [3.63, 3.8) is 0 Å². The standard InChI is InChI=1S/C22H33BN4O3/c1-15-14-26(10-11-30-15)20-8-7-16-12-17(22(28)25(3)4)13-18(21(16)24-20)19-6-5-9-27(19)23(2)29/h12-13,15,19,29H,5-11,14H2,1-4H3. The van der Waals surface area contributed by atoms with Gasteiger partial charge in [-0.05, 0) is 62.8 Å². The van der Waals surface area contributed by atoms with Crippen LogP contribution >= 0.6 is 0 Å². The third kappa shape index (κ3) is 4.13. The number of ether oxygens (including phenoxy) is 1. The van der Waals surface area contributed by atoms with E-state index in [2.05, 4.69) is 16.6 Å². The third-order valence-electron chi connectivity index (χ3n) is 6.47. The molecule has 2 unspecified atom stereocenters. The van der Waals surface area contributed by atoms with E-state index in [0.29, 0.717) is 5.56 Å². The minimum absolute atomic E-state index is 0.0115. The first kappa shape index (κ1) is 21.3. The molecule has 0 saturated carbocycles. The topological polar surface area (TPSA) is 68.6 Å². The molecule has 3 aliphatic rings. The van der Waals surface area contributed by atoms with Crippen molar-refractivity contribution >= 4 is 24.5 Å². The van der Waals surface area contributed by atoms with Crippen LogP contribution in [0.4, 0.5) is 5.69 Å². The molecule has 30 heavy (non-hydrogen) atoms. The Bertz CT molecular complexity index is 842. The number of aliphatic imine (C=N–C) groups is 1. The normalized spacial score (nSPS) is 24.4. The van der Waals surface area contributed by atoms with Gasteiger partial charge in [-0.2, -0.15) is 0 Å². The molecule has 0 spiro atoms. The first-order valence-corrected chi connectivity index (χ1v) is 11.1. The molecule has 0 aliphatic carbocycles. The van der Waals surface area contributed by atoms with Crippen LogP contribution in [-0.2, 0) is 11.2 Å². The largest absolute Gasteiger partial charge is 0.437 e. The van der Waals surface area contributed by atoms with Gasteiger partial charge >= 0.3 is 7.05 Å². The molecule has 0 aromatic heterocycles. The Morgan fingerprint density at radius 1 is 1.30 bits per heavy atom. The molecule has 3 aliphatic heterocycles. The maximum absolute atomic E-state index is 12.8. The number of carbonyl (C=O) groups is 1. The first-order valence-electron chi connectivity index (χ1n) is 11.1. The summed E-state index contributed by atoms with van der Waals surface area (Å²) >= 11 is 0. The van der Waals surface area contributed by atoms with Gasteiger partial charge in [0, 0.05) is 45.2 Å². The average molecular weight is 412 g/mol. The minimum Gasteiger partial charge on any atom is -0.437 e. The van der Waals surface area contributed by atoms with Gasteiger partial charge in [0.25, 0.3) is 5.91 Å². The molecule has 0 bridgehead atoms. The van der Waals surface area contributed by atoms with Crippen molar-refractivity contribution in [2.75, 3.05) is 40.3 Å². The lowest BCUT2D eigenvalue weighted by Gasteiger charge is -2.36. The summed E-state index contributed by atoms with van der Waals surface area (Å²) in [5, 5.41) is 10.3. The molecule has 2 atom stereocenters. The number of morpholine rings is 1. The maximum atomic E-state index is 12.8. The molecule has 2 fully saturated rings. The zero-order valence-electron chi connectivity index (χ0n) is 18.6. The number of hydrogen-bond donors (Lipinski definition) is 1. The lowest BCUT2D eigenvalue weighted by atomic mass is 9.82. The van der Waals surface area contributed by atoms with Gasteiger partial charge in [0.05, 0.1) is 18.4 Å². The molecule has 4 rings (SSSR count). The van der Waals surface area contributed by atoms with Gasteiger partial charge in [0.15, 0.2) is 0 Å². The number of benzene rings is 1. The van der Waals surface area contributed by atoms with Gasteiger partial charge in [-0.3, -0.25) is 4.79 Å². The number of amides is 1. The third-order valence-corrected chi connectivity index (χ3v) is 6.47. The fourth-order valence-corrected chi connectivity index (χ4v) is 4.97. The van der Waals surface area contributed by atoms with Crippen molar-refractivity contribution < 1.29 is 14.6 Å². The Hall–Kier alpha value is -1.90. The van der Waals surface area contributed by atoms with Crippen LogP contribution in [0.15, 0.2) is 17.1 Å². The van der Waals surface area contributed by atoms with Crippen LogP contribution in [-0.4, -0.2) is 84.9 Å². The number of fused-ring (bicyclic) bond motifs is 1. The lowest BCUT2D eigenvalue weighted by Crippen LogP contribution is -2.45. The molecule has 162 valence electrons. The van der Waals surface area contributed by atoms with Gasteiger partial charge in [-0.15, -0.1) is 0 Å². The van der Waals surface area contributed by atoms with Crippen molar-refractivity contribution in [2.45, 2.75) is 51.6 Å². The van der Waals surface area contributed by atoms with Crippen molar-refractivity contribution in [1.29, 1.82) is 0 Å². The highest BCUT2D eigenvalue weighted by atomic mass is 16.5. The summed E-state index contributed by atoms with van der Waals surface area (Å²) in [4.78, 5) is 24.0. The van der Waals surface area contributed by atoms with Gasteiger partial charge in [-0.25, -0.2) is 4.99 Å². The van der Waals surface area contributed by atoms with E-state index in [9.17, 15) is 9.82 Å². The van der Waals surface area contributed by atoms with E-state index in [1.165, 1.54) is 0 Å². The second-order valence-electron chi connectivity index (χ2n) is 8.96. The van der Waals surface area contributed by atoms with Crippen LogP contribution in [0.2, 0.25) is 6.82 Å². The van der Waals surface area contributed by atoms with Gasteiger partial charge in [0.2, 0.25) is 0 Å². The van der Waals surface area contributed by atoms with Crippen LogP contribution in [0.25, 0.3) is 0 Å². The molecule has 0 radical (unpaired) electrons. The molecule has 1 N–H and O–H groups in total. The number of aryl methyl sites for hydroxylation is 1. The van der Waals surface area contributed by atoms with Gasteiger partial charge < -0.3 is 24.4 Å². The van der Waals surface area contributed by atoms with Crippen LogP contribution < -0.4 is 0 Å². The number of amidine groups is 1. The van der Waals surface area contributed by atoms with E-state index < -0.39 is 7.05 Å². The van der Waals surface area contributed by atoms with E-state index in [-0.39, 0.29) is 18.1 Å². The fourth-order valence-electron chi connectivity index (χ4n) is 4.97. The van der Waals surface area contributed by atoms with E-state index in [1.807, 2.05) is 19.0 Å². The van der Waals surface area contributed by atoms with Gasteiger partial charge in [-0.1, -0.05) is 0 Å². The Morgan fingerprint density at radius 2 is 2.10 bits per heavy atom. The van der Waals surface area contributed by atoms with E-state index >= 15 is 0 Å². The zero-order valence-corrected chi connectivity index (χ0v) is 18.6. The summed E-state index contributed by atoms with van der Waals surface area (Å²) in [6.07, 6.45) is 3.97. The second-order valence-corrected chi connectivity index (χ2v) is 8.96.